The predicted octanol–water partition coefficient (Wildman–Crippen LogP) is 4.73. The number of ketones is 1. The average molecular weight is 398 g/mol. The van der Waals surface area contributed by atoms with Gasteiger partial charge >= 0.3 is 0 Å². The maximum absolute atomic E-state index is 12.7. The van der Waals surface area contributed by atoms with Crippen molar-refractivity contribution in [3.05, 3.63) is 53.1 Å². The normalized spacial score (nSPS) is 11.9. The van der Waals surface area contributed by atoms with Gasteiger partial charge in [0, 0.05) is 17.2 Å². The Kier molecular flexibility index (Phi) is 6.04. The number of aromatic nitrogens is 2. The van der Waals surface area contributed by atoms with Gasteiger partial charge in [0.2, 0.25) is 5.89 Å². The summed E-state index contributed by atoms with van der Waals surface area (Å²) in [4.78, 5) is 12.7. The zero-order chi connectivity index (χ0) is 20.3. The van der Waals surface area contributed by atoms with E-state index in [0.29, 0.717) is 33.7 Å². The molecule has 28 heavy (non-hydrogen) atoms. The number of aryl methyl sites for hydroxylation is 2. The van der Waals surface area contributed by atoms with Crippen molar-refractivity contribution in [2.75, 3.05) is 14.2 Å². The molecule has 2 aromatic carbocycles. The van der Waals surface area contributed by atoms with E-state index >= 15 is 0 Å². The summed E-state index contributed by atoms with van der Waals surface area (Å²) in [7, 11) is 3.15. The Labute approximate surface area is 168 Å². The van der Waals surface area contributed by atoms with Gasteiger partial charge in [-0.05, 0) is 50.1 Å². The van der Waals surface area contributed by atoms with Crippen molar-refractivity contribution in [3.63, 3.8) is 0 Å². The Hall–Kier alpha value is -2.80. The van der Waals surface area contributed by atoms with Crippen LogP contribution in [-0.4, -0.2) is 35.5 Å². The van der Waals surface area contributed by atoms with Gasteiger partial charge in [-0.25, -0.2) is 0 Å². The second-order valence-electron chi connectivity index (χ2n) is 6.40. The van der Waals surface area contributed by atoms with Gasteiger partial charge in [-0.2, -0.15) is 0 Å². The molecular weight excluding hydrogens is 376 g/mol. The first-order valence-corrected chi connectivity index (χ1v) is 9.64. The van der Waals surface area contributed by atoms with Crippen LogP contribution in [0.3, 0.4) is 0 Å². The van der Waals surface area contributed by atoms with Crippen molar-refractivity contribution in [2.24, 2.45) is 0 Å². The summed E-state index contributed by atoms with van der Waals surface area (Å²) in [6.07, 6.45) is 0. The van der Waals surface area contributed by atoms with Crippen LogP contribution in [0.4, 0.5) is 0 Å². The highest BCUT2D eigenvalue weighted by atomic mass is 32.2. The number of ether oxygens (including phenoxy) is 2. The van der Waals surface area contributed by atoms with E-state index in [9.17, 15) is 4.79 Å². The molecule has 0 fully saturated rings. The van der Waals surface area contributed by atoms with Crippen molar-refractivity contribution in [2.45, 2.75) is 31.2 Å². The number of rotatable bonds is 7. The second-order valence-corrected chi connectivity index (χ2v) is 7.69. The zero-order valence-corrected chi connectivity index (χ0v) is 17.3. The van der Waals surface area contributed by atoms with Crippen LogP contribution in [0, 0.1) is 13.8 Å². The molecule has 0 bridgehead atoms. The molecule has 3 aromatic rings. The molecule has 1 aromatic heterocycles. The lowest BCUT2D eigenvalue weighted by atomic mass is 10.0. The highest BCUT2D eigenvalue weighted by molar-refractivity contribution is 8.00. The molecule has 7 heteroatoms. The Bertz CT molecular complexity index is 978. The van der Waals surface area contributed by atoms with Crippen LogP contribution in [0.1, 0.15) is 28.4 Å². The highest BCUT2D eigenvalue weighted by Gasteiger charge is 2.21. The summed E-state index contributed by atoms with van der Waals surface area (Å²) >= 11 is 1.24. The van der Waals surface area contributed by atoms with Gasteiger partial charge in [0.1, 0.15) is 11.5 Å². The van der Waals surface area contributed by atoms with Crippen LogP contribution in [0.5, 0.6) is 11.5 Å². The molecule has 1 heterocycles. The molecule has 0 aliphatic carbocycles. The van der Waals surface area contributed by atoms with Crippen molar-refractivity contribution in [3.8, 4) is 23.0 Å². The lowest BCUT2D eigenvalue weighted by molar-refractivity contribution is 0.0993. The first-order valence-electron chi connectivity index (χ1n) is 8.76. The van der Waals surface area contributed by atoms with E-state index in [0.717, 1.165) is 11.1 Å². The van der Waals surface area contributed by atoms with Crippen LogP contribution in [0.2, 0.25) is 0 Å². The van der Waals surface area contributed by atoms with Gasteiger partial charge in [-0.1, -0.05) is 23.9 Å². The first kappa shape index (κ1) is 19.9. The van der Waals surface area contributed by atoms with E-state index in [1.165, 1.54) is 11.8 Å². The Morgan fingerprint density at radius 1 is 1.00 bits per heavy atom. The number of benzene rings is 2. The highest BCUT2D eigenvalue weighted by Crippen LogP contribution is 2.32. The number of hydrogen-bond acceptors (Lipinski definition) is 7. The smallest absolute Gasteiger partial charge is 0.277 e. The minimum atomic E-state index is -0.352. The fourth-order valence-electron chi connectivity index (χ4n) is 2.64. The number of carbonyl (C=O) groups excluding carboxylic acids is 1. The van der Waals surface area contributed by atoms with Crippen LogP contribution in [0.15, 0.2) is 46.0 Å². The Balaban J connectivity index is 1.77. The summed E-state index contributed by atoms with van der Waals surface area (Å²) < 4.78 is 16.3. The molecule has 0 aliphatic heterocycles. The molecule has 0 amide bonds. The zero-order valence-electron chi connectivity index (χ0n) is 16.5. The molecule has 1 atom stereocenters. The van der Waals surface area contributed by atoms with Crippen LogP contribution in [0.25, 0.3) is 11.5 Å². The monoisotopic (exact) mass is 398 g/mol. The molecule has 0 aliphatic rings. The SMILES string of the molecule is COc1cc(OC)cc(-c2nnc(SC(C)C(=O)c3ccc(C)c(C)c3)o2)c1. The Morgan fingerprint density at radius 2 is 1.68 bits per heavy atom. The summed E-state index contributed by atoms with van der Waals surface area (Å²) in [5.74, 6) is 1.61. The van der Waals surface area contributed by atoms with Gasteiger partial charge in [0.05, 0.1) is 19.5 Å². The van der Waals surface area contributed by atoms with E-state index in [4.69, 9.17) is 13.9 Å². The molecule has 0 N–H and O–H groups in total. The standard InChI is InChI=1S/C21H22N2O4S/c1-12-6-7-15(8-13(12)2)19(24)14(3)28-21-23-22-20(27-21)16-9-17(25-4)11-18(10-16)26-5/h6-11,14H,1-5H3. The number of Topliss-reactive ketones (excluding diaryl/α,β-unsaturated/α-hetero) is 1. The molecule has 6 nitrogen and oxygen atoms in total. The predicted molar refractivity (Wildman–Crippen MR) is 108 cm³/mol. The minimum Gasteiger partial charge on any atom is -0.497 e. The summed E-state index contributed by atoms with van der Waals surface area (Å²) in [6.45, 7) is 5.85. The number of carbonyl (C=O) groups is 1. The summed E-state index contributed by atoms with van der Waals surface area (Å²) in [6, 6.07) is 11.1. The van der Waals surface area contributed by atoms with E-state index in [-0.39, 0.29) is 11.0 Å². The van der Waals surface area contributed by atoms with E-state index < -0.39 is 0 Å². The fourth-order valence-corrected chi connectivity index (χ4v) is 3.40. The summed E-state index contributed by atoms with van der Waals surface area (Å²) in [5, 5.41) is 8.13. The van der Waals surface area contributed by atoms with Crippen LogP contribution < -0.4 is 9.47 Å². The number of nitrogens with zero attached hydrogens (tertiary/aromatic N) is 2. The third-order valence-corrected chi connectivity index (χ3v) is 5.38. The van der Waals surface area contributed by atoms with E-state index in [1.807, 2.05) is 39.0 Å². The van der Waals surface area contributed by atoms with E-state index in [2.05, 4.69) is 10.2 Å². The van der Waals surface area contributed by atoms with Crippen LogP contribution in [-0.2, 0) is 0 Å². The largest absolute Gasteiger partial charge is 0.497 e. The van der Waals surface area contributed by atoms with E-state index in [1.54, 1.807) is 32.4 Å². The molecule has 1 unspecified atom stereocenters. The third kappa shape index (κ3) is 4.36. The average Bonchev–Trinajstić information content (AvgIpc) is 3.17. The topological polar surface area (TPSA) is 74.5 Å². The second kappa shape index (κ2) is 8.48. The molecule has 0 radical (unpaired) electrons. The van der Waals surface area contributed by atoms with Crippen LogP contribution >= 0.6 is 11.8 Å². The van der Waals surface area contributed by atoms with Crippen molar-refractivity contribution in [1.29, 1.82) is 0 Å². The van der Waals surface area contributed by atoms with Gasteiger partial charge in [-0.3, -0.25) is 4.79 Å². The van der Waals surface area contributed by atoms with Gasteiger partial charge in [0.15, 0.2) is 5.78 Å². The maximum Gasteiger partial charge on any atom is 0.277 e. The number of methoxy groups -OCH3 is 2. The number of thioether (sulfide) groups is 1. The van der Waals surface area contributed by atoms with Gasteiger partial charge in [0.25, 0.3) is 5.22 Å². The summed E-state index contributed by atoms with van der Waals surface area (Å²) in [5.41, 5.74) is 3.62. The van der Waals surface area contributed by atoms with Crippen molar-refractivity contribution in [1.82, 2.24) is 10.2 Å². The molecular formula is C21H22N2O4S. The van der Waals surface area contributed by atoms with Gasteiger partial charge < -0.3 is 13.9 Å². The molecule has 0 spiro atoms. The Morgan fingerprint density at radius 3 is 2.29 bits per heavy atom. The third-order valence-electron chi connectivity index (χ3n) is 4.44. The van der Waals surface area contributed by atoms with Crippen molar-refractivity contribution < 1.29 is 18.7 Å². The number of hydrogen-bond donors (Lipinski definition) is 0. The molecule has 3 rings (SSSR count). The lowest BCUT2D eigenvalue weighted by Crippen LogP contribution is -2.13. The maximum atomic E-state index is 12.7. The quantitative estimate of drug-likeness (QED) is 0.420. The molecule has 146 valence electrons. The molecule has 0 saturated heterocycles. The van der Waals surface area contributed by atoms with Gasteiger partial charge in [-0.15, -0.1) is 10.2 Å². The van der Waals surface area contributed by atoms with Crippen molar-refractivity contribution >= 4 is 17.5 Å². The molecule has 0 saturated carbocycles. The first-order chi connectivity index (χ1) is 13.4. The fraction of sp³-hybridized carbons (Fsp3) is 0.286. The lowest BCUT2D eigenvalue weighted by Gasteiger charge is -2.09. The minimum absolute atomic E-state index is 0.0240.